The van der Waals surface area contributed by atoms with E-state index in [9.17, 15) is 9.59 Å². The third-order valence-electron chi connectivity index (χ3n) is 7.35. The number of carbonyl (C=O) groups is 2. The van der Waals surface area contributed by atoms with E-state index < -0.39 is 12.3 Å². The molecule has 0 bridgehead atoms. The number of allylic oxidation sites excluding steroid dienone is 1. The summed E-state index contributed by atoms with van der Waals surface area (Å²) in [5, 5.41) is 0. The molecule has 172 valence electrons. The van der Waals surface area contributed by atoms with Crippen LogP contribution in [0.3, 0.4) is 0 Å². The maximum Gasteiger partial charge on any atom is 0.356 e. The van der Waals surface area contributed by atoms with Gasteiger partial charge >= 0.3 is 12.0 Å². The van der Waals surface area contributed by atoms with Crippen LogP contribution >= 0.6 is 0 Å². The van der Waals surface area contributed by atoms with E-state index >= 15 is 0 Å². The second-order valence-corrected chi connectivity index (χ2v) is 10.0. The standard InChI is InChI=1S/C25H34N4O3/c1-14-12-15(2)20(16(3)13-14)27-10-5-11-28-21(17(4)29(24(26)31)25(27)28)23(30)32-22(18-6-7-18)19-8-9-19/h12-13,18-19,22,25H,5-11H2,1-4H3,(H2,26,31). The average Bonchev–Trinajstić information content (AvgIpc) is 3.62. The zero-order chi connectivity index (χ0) is 22.7. The molecule has 2 heterocycles. The molecule has 32 heavy (non-hydrogen) atoms. The lowest BCUT2D eigenvalue weighted by Gasteiger charge is -2.46. The van der Waals surface area contributed by atoms with Crippen LogP contribution in [0.15, 0.2) is 23.5 Å². The lowest BCUT2D eigenvalue weighted by atomic mass is 10.0. The van der Waals surface area contributed by atoms with Crippen LogP contribution in [-0.4, -0.2) is 47.3 Å². The van der Waals surface area contributed by atoms with Gasteiger partial charge in [0, 0.05) is 18.8 Å². The molecule has 7 heteroatoms. The van der Waals surface area contributed by atoms with Gasteiger partial charge in [0.25, 0.3) is 0 Å². The van der Waals surface area contributed by atoms with Crippen LogP contribution in [0.25, 0.3) is 0 Å². The predicted molar refractivity (Wildman–Crippen MR) is 123 cm³/mol. The Morgan fingerprint density at radius 3 is 2.06 bits per heavy atom. The first-order chi connectivity index (χ1) is 15.3. The van der Waals surface area contributed by atoms with Gasteiger partial charge in [0.2, 0.25) is 0 Å². The van der Waals surface area contributed by atoms with Gasteiger partial charge in [-0.25, -0.2) is 9.59 Å². The number of anilines is 1. The first kappa shape index (κ1) is 21.2. The van der Waals surface area contributed by atoms with Gasteiger partial charge in [-0.15, -0.1) is 0 Å². The minimum atomic E-state index is -0.546. The van der Waals surface area contributed by atoms with Crippen molar-refractivity contribution in [1.29, 1.82) is 0 Å². The van der Waals surface area contributed by atoms with Crippen molar-refractivity contribution in [1.82, 2.24) is 9.80 Å². The highest BCUT2D eigenvalue weighted by molar-refractivity contribution is 5.91. The molecule has 2 aliphatic carbocycles. The monoisotopic (exact) mass is 438 g/mol. The zero-order valence-corrected chi connectivity index (χ0v) is 19.6. The Morgan fingerprint density at radius 2 is 1.53 bits per heavy atom. The number of nitrogens with zero attached hydrogens (tertiary/aromatic N) is 3. The second-order valence-electron chi connectivity index (χ2n) is 10.0. The molecule has 0 aromatic heterocycles. The highest BCUT2D eigenvalue weighted by Gasteiger charge is 2.50. The Labute approximate surface area is 190 Å². The molecule has 1 aromatic carbocycles. The van der Waals surface area contributed by atoms with Crippen LogP contribution in [0.4, 0.5) is 10.5 Å². The number of rotatable bonds is 5. The molecular weight excluding hydrogens is 404 g/mol. The minimum absolute atomic E-state index is 0.0198. The highest BCUT2D eigenvalue weighted by atomic mass is 16.5. The van der Waals surface area contributed by atoms with E-state index in [0.29, 0.717) is 29.8 Å². The zero-order valence-electron chi connectivity index (χ0n) is 19.6. The lowest BCUT2D eigenvalue weighted by molar-refractivity contribution is -0.148. The van der Waals surface area contributed by atoms with Crippen molar-refractivity contribution in [2.75, 3.05) is 18.0 Å². The molecule has 2 aliphatic heterocycles. The molecule has 3 fully saturated rings. The van der Waals surface area contributed by atoms with E-state index in [1.807, 2.05) is 11.8 Å². The van der Waals surface area contributed by atoms with Gasteiger partial charge in [-0.1, -0.05) is 17.7 Å². The molecule has 1 atom stereocenters. The SMILES string of the molecule is CC1=C(C(=O)OC(C2CC2)C2CC2)N2CCCN(c3c(C)cc(C)cc3C)C2N1C(N)=O. The number of benzene rings is 1. The Bertz CT molecular complexity index is 960. The fourth-order valence-electron chi connectivity index (χ4n) is 5.81. The first-order valence-electron chi connectivity index (χ1n) is 11.9. The van der Waals surface area contributed by atoms with Crippen molar-refractivity contribution in [3.05, 3.63) is 40.2 Å². The van der Waals surface area contributed by atoms with E-state index in [2.05, 4.69) is 37.8 Å². The molecule has 2 N–H and O–H groups in total. The Morgan fingerprint density at radius 1 is 0.969 bits per heavy atom. The molecule has 0 radical (unpaired) electrons. The maximum atomic E-state index is 13.5. The largest absolute Gasteiger partial charge is 0.457 e. The van der Waals surface area contributed by atoms with Gasteiger partial charge in [-0.2, -0.15) is 0 Å². The van der Waals surface area contributed by atoms with Crippen molar-refractivity contribution in [2.45, 2.75) is 72.2 Å². The molecule has 1 unspecified atom stereocenters. The van der Waals surface area contributed by atoms with Gasteiger partial charge in [0.15, 0.2) is 6.29 Å². The number of hydrogen-bond donors (Lipinski definition) is 1. The average molecular weight is 439 g/mol. The molecule has 1 aromatic rings. The molecule has 2 saturated carbocycles. The number of carbonyl (C=O) groups excluding carboxylic acids is 2. The van der Waals surface area contributed by atoms with Crippen LogP contribution in [0.1, 0.15) is 55.7 Å². The smallest absolute Gasteiger partial charge is 0.356 e. The van der Waals surface area contributed by atoms with Crippen molar-refractivity contribution in [3.63, 3.8) is 0 Å². The van der Waals surface area contributed by atoms with Gasteiger partial charge in [0.1, 0.15) is 11.8 Å². The van der Waals surface area contributed by atoms with E-state index in [1.165, 1.54) is 5.56 Å². The van der Waals surface area contributed by atoms with Crippen LogP contribution in [0.5, 0.6) is 0 Å². The number of amides is 2. The normalized spacial score (nSPS) is 23.2. The minimum Gasteiger partial charge on any atom is -0.457 e. The number of nitrogens with two attached hydrogens (primary N) is 1. The van der Waals surface area contributed by atoms with Crippen molar-refractivity contribution in [3.8, 4) is 0 Å². The Kier molecular flexibility index (Phi) is 5.10. The van der Waals surface area contributed by atoms with Gasteiger partial charge in [0.05, 0.1) is 5.70 Å². The van der Waals surface area contributed by atoms with Crippen LogP contribution < -0.4 is 10.6 Å². The van der Waals surface area contributed by atoms with Gasteiger partial charge < -0.3 is 20.3 Å². The van der Waals surface area contributed by atoms with Crippen LogP contribution in [0, 0.1) is 32.6 Å². The summed E-state index contributed by atoms with van der Waals surface area (Å²) in [7, 11) is 0. The molecule has 5 rings (SSSR count). The Balaban J connectivity index is 1.49. The van der Waals surface area contributed by atoms with E-state index in [-0.39, 0.29) is 12.1 Å². The fraction of sp³-hybridized carbons (Fsp3) is 0.600. The summed E-state index contributed by atoms with van der Waals surface area (Å²) in [5.74, 6) is 0.708. The number of primary amides is 1. The number of esters is 1. The number of ether oxygens (including phenoxy) is 1. The topological polar surface area (TPSA) is 79.1 Å². The summed E-state index contributed by atoms with van der Waals surface area (Å²) >= 11 is 0. The molecule has 0 spiro atoms. The van der Waals surface area contributed by atoms with E-state index in [4.69, 9.17) is 10.5 Å². The predicted octanol–water partition coefficient (Wildman–Crippen LogP) is 3.77. The summed E-state index contributed by atoms with van der Waals surface area (Å²) in [5.41, 5.74) is 11.6. The van der Waals surface area contributed by atoms with Crippen molar-refractivity contribution < 1.29 is 14.3 Å². The summed E-state index contributed by atoms with van der Waals surface area (Å²) in [6.45, 7) is 9.59. The number of hydrogen-bond acceptors (Lipinski definition) is 5. The molecule has 1 saturated heterocycles. The lowest BCUT2D eigenvalue weighted by Crippen LogP contribution is -2.60. The molecule has 7 nitrogen and oxygen atoms in total. The summed E-state index contributed by atoms with van der Waals surface area (Å²) in [6, 6.07) is 3.78. The van der Waals surface area contributed by atoms with Crippen molar-refractivity contribution in [2.24, 2.45) is 17.6 Å². The molecular formula is C25H34N4O3. The second kappa shape index (κ2) is 7.71. The van der Waals surface area contributed by atoms with E-state index in [1.54, 1.807) is 4.90 Å². The highest BCUT2D eigenvalue weighted by Crippen LogP contribution is 2.47. The van der Waals surface area contributed by atoms with E-state index in [0.717, 1.165) is 55.5 Å². The maximum absolute atomic E-state index is 13.5. The van der Waals surface area contributed by atoms with Crippen LogP contribution in [0.2, 0.25) is 0 Å². The van der Waals surface area contributed by atoms with Gasteiger partial charge in [-0.3, -0.25) is 4.90 Å². The number of aryl methyl sites for hydroxylation is 3. The fourth-order valence-corrected chi connectivity index (χ4v) is 5.81. The molecule has 4 aliphatic rings. The van der Waals surface area contributed by atoms with Crippen molar-refractivity contribution >= 4 is 17.7 Å². The summed E-state index contributed by atoms with van der Waals surface area (Å²) in [4.78, 5) is 31.9. The first-order valence-corrected chi connectivity index (χ1v) is 11.9. The Hall–Kier alpha value is -2.70. The van der Waals surface area contributed by atoms with Gasteiger partial charge in [-0.05, 0) is 82.8 Å². The quantitative estimate of drug-likeness (QED) is 0.708. The number of urea groups is 1. The molecule has 2 amide bonds. The third kappa shape index (κ3) is 3.51. The summed E-state index contributed by atoms with van der Waals surface area (Å²) < 4.78 is 6.10. The number of fused-ring (bicyclic) bond motifs is 1. The summed E-state index contributed by atoms with van der Waals surface area (Å²) in [6.07, 6.45) is 5.04. The van der Waals surface area contributed by atoms with Crippen LogP contribution in [-0.2, 0) is 9.53 Å². The third-order valence-corrected chi connectivity index (χ3v) is 7.35.